The maximum atomic E-state index is 10.1. The van der Waals surface area contributed by atoms with Crippen LogP contribution >= 0.6 is 0 Å². The Labute approximate surface area is 96.1 Å². The minimum absolute atomic E-state index is 0.273. The molecule has 88 valence electrons. The molecule has 0 amide bonds. The van der Waals surface area contributed by atoms with Gasteiger partial charge in [0.2, 0.25) is 0 Å². The number of phenolic OH excluding ortho intramolecular Hbond substituents is 1. The molecule has 1 heterocycles. The molecule has 1 unspecified atom stereocenters. The monoisotopic (exact) mass is 221 g/mol. The zero-order valence-corrected chi connectivity index (χ0v) is 9.39. The van der Waals surface area contributed by atoms with Crippen LogP contribution in [0.15, 0.2) is 24.3 Å². The molecule has 16 heavy (non-hydrogen) atoms. The highest BCUT2D eigenvalue weighted by Crippen LogP contribution is 2.21. The number of aromatic hydroxyl groups is 1. The molecule has 1 fully saturated rings. The first-order valence-electron chi connectivity index (χ1n) is 5.92. The summed E-state index contributed by atoms with van der Waals surface area (Å²) < 4.78 is 0. The molecule has 0 saturated carbocycles. The van der Waals surface area contributed by atoms with Crippen molar-refractivity contribution in [3.05, 3.63) is 29.8 Å². The number of hydrogen-bond donors (Lipinski definition) is 3. The lowest BCUT2D eigenvalue weighted by atomic mass is 9.88. The fourth-order valence-electron chi connectivity index (χ4n) is 2.32. The Morgan fingerprint density at radius 2 is 2.06 bits per heavy atom. The van der Waals surface area contributed by atoms with Crippen molar-refractivity contribution in [1.29, 1.82) is 0 Å². The summed E-state index contributed by atoms with van der Waals surface area (Å²) in [5.74, 6) is 0.665. The first kappa shape index (κ1) is 11.4. The van der Waals surface area contributed by atoms with Crippen molar-refractivity contribution < 1.29 is 10.2 Å². The van der Waals surface area contributed by atoms with Crippen LogP contribution in [0.3, 0.4) is 0 Å². The predicted octanol–water partition coefficient (Wildman–Crippen LogP) is 1.30. The van der Waals surface area contributed by atoms with Crippen LogP contribution in [0.1, 0.15) is 18.4 Å². The van der Waals surface area contributed by atoms with E-state index in [1.165, 1.54) is 0 Å². The van der Waals surface area contributed by atoms with E-state index in [2.05, 4.69) is 5.32 Å². The van der Waals surface area contributed by atoms with Crippen molar-refractivity contribution in [1.82, 2.24) is 5.32 Å². The molecule has 1 aliphatic heterocycles. The molecule has 1 aliphatic rings. The second-order valence-corrected chi connectivity index (χ2v) is 4.53. The fourth-order valence-corrected chi connectivity index (χ4v) is 2.32. The molecular weight excluding hydrogens is 202 g/mol. The molecule has 2 rings (SSSR count). The average molecular weight is 221 g/mol. The van der Waals surface area contributed by atoms with Gasteiger partial charge in [-0.05, 0) is 56.0 Å². The van der Waals surface area contributed by atoms with Gasteiger partial charge in [-0.2, -0.15) is 0 Å². The van der Waals surface area contributed by atoms with E-state index in [0.717, 1.165) is 31.5 Å². The predicted molar refractivity (Wildman–Crippen MR) is 63.4 cm³/mol. The number of phenols is 1. The van der Waals surface area contributed by atoms with Crippen LogP contribution in [-0.2, 0) is 6.42 Å². The van der Waals surface area contributed by atoms with Gasteiger partial charge in [-0.1, -0.05) is 12.1 Å². The average Bonchev–Trinajstić information content (AvgIpc) is 2.30. The van der Waals surface area contributed by atoms with Gasteiger partial charge in [-0.25, -0.2) is 0 Å². The van der Waals surface area contributed by atoms with Gasteiger partial charge in [0.15, 0.2) is 0 Å². The van der Waals surface area contributed by atoms with Crippen LogP contribution in [0.2, 0.25) is 0 Å². The van der Waals surface area contributed by atoms with Gasteiger partial charge in [0, 0.05) is 0 Å². The molecule has 0 radical (unpaired) electrons. The summed E-state index contributed by atoms with van der Waals surface area (Å²) in [7, 11) is 0. The molecule has 1 aromatic rings. The number of nitrogens with one attached hydrogen (secondary N) is 1. The molecule has 0 bridgehead atoms. The third-order valence-electron chi connectivity index (χ3n) is 3.28. The molecule has 3 nitrogen and oxygen atoms in total. The Balaban J connectivity index is 1.93. The van der Waals surface area contributed by atoms with Crippen molar-refractivity contribution in [2.24, 2.45) is 5.92 Å². The zero-order chi connectivity index (χ0) is 11.4. The van der Waals surface area contributed by atoms with Crippen molar-refractivity contribution in [2.45, 2.75) is 25.4 Å². The van der Waals surface area contributed by atoms with Crippen LogP contribution in [0, 0.1) is 5.92 Å². The maximum absolute atomic E-state index is 10.1. The number of piperidine rings is 1. The summed E-state index contributed by atoms with van der Waals surface area (Å²) in [5, 5.41) is 22.7. The minimum Gasteiger partial charge on any atom is -0.508 e. The van der Waals surface area contributed by atoms with Crippen LogP contribution in [0.25, 0.3) is 0 Å². The Morgan fingerprint density at radius 1 is 1.31 bits per heavy atom. The minimum atomic E-state index is -0.288. The lowest BCUT2D eigenvalue weighted by molar-refractivity contribution is 0.0890. The maximum Gasteiger partial charge on any atom is 0.115 e. The van der Waals surface area contributed by atoms with E-state index in [0.29, 0.717) is 12.3 Å². The Morgan fingerprint density at radius 3 is 2.75 bits per heavy atom. The summed E-state index contributed by atoms with van der Waals surface area (Å²) in [6.07, 6.45) is 2.43. The van der Waals surface area contributed by atoms with Gasteiger partial charge >= 0.3 is 0 Å². The lowest BCUT2D eigenvalue weighted by Gasteiger charge is -2.27. The van der Waals surface area contributed by atoms with Gasteiger partial charge in [-0.15, -0.1) is 0 Å². The molecule has 1 atom stereocenters. The summed E-state index contributed by atoms with van der Waals surface area (Å²) in [6.45, 7) is 2.00. The van der Waals surface area contributed by atoms with E-state index < -0.39 is 0 Å². The smallest absolute Gasteiger partial charge is 0.115 e. The molecule has 0 aliphatic carbocycles. The van der Waals surface area contributed by atoms with Crippen molar-refractivity contribution in [3.8, 4) is 5.75 Å². The number of benzene rings is 1. The van der Waals surface area contributed by atoms with Gasteiger partial charge in [0.1, 0.15) is 5.75 Å². The molecule has 0 spiro atoms. The van der Waals surface area contributed by atoms with E-state index in [1.54, 1.807) is 12.1 Å². The van der Waals surface area contributed by atoms with E-state index in [9.17, 15) is 10.2 Å². The Kier molecular flexibility index (Phi) is 3.80. The van der Waals surface area contributed by atoms with E-state index >= 15 is 0 Å². The standard InChI is InChI=1S/C13H19NO2/c15-12-3-1-2-10(8-12)9-13(16)11-4-6-14-7-5-11/h1-3,8,11,13-16H,4-7,9H2. The highest BCUT2D eigenvalue weighted by Gasteiger charge is 2.21. The van der Waals surface area contributed by atoms with Gasteiger partial charge in [-0.3, -0.25) is 0 Å². The van der Waals surface area contributed by atoms with Crippen LogP contribution < -0.4 is 5.32 Å². The van der Waals surface area contributed by atoms with Crippen molar-refractivity contribution in [3.63, 3.8) is 0 Å². The highest BCUT2D eigenvalue weighted by molar-refractivity contribution is 5.27. The van der Waals surface area contributed by atoms with Crippen LogP contribution in [0.4, 0.5) is 0 Å². The van der Waals surface area contributed by atoms with Crippen LogP contribution in [0.5, 0.6) is 5.75 Å². The van der Waals surface area contributed by atoms with Gasteiger partial charge < -0.3 is 15.5 Å². The second kappa shape index (κ2) is 5.32. The van der Waals surface area contributed by atoms with Crippen molar-refractivity contribution in [2.75, 3.05) is 13.1 Å². The summed E-state index contributed by atoms with van der Waals surface area (Å²) in [5.41, 5.74) is 1.01. The third-order valence-corrected chi connectivity index (χ3v) is 3.28. The third kappa shape index (κ3) is 2.97. The first-order chi connectivity index (χ1) is 7.75. The summed E-state index contributed by atoms with van der Waals surface area (Å²) in [4.78, 5) is 0. The number of aliphatic hydroxyl groups is 1. The molecule has 1 saturated heterocycles. The van der Waals surface area contributed by atoms with Gasteiger partial charge in [0.05, 0.1) is 6.10 Å². The normalized spacial score (nSPS) is 19.6. The Bertz CT molecular complexity index is 334. The molecule has 0 aromatic heterocycles. The first-order valence-corrected chi connectivity index (χ1v) is 5.92. The summed E-state index contributed by atoms with van der Waals surface area (Å²) in [6, 6.07) is 7.15. The Hall–Kier alpha value is -1.06. The number of rotatable bonds is 3. The van der Waals surface area contributed by atoms with E-state index in [4.69, 9.17) is 0 Å². The fraction of sp³-hybridized carbons (Fsp3) is 0.538. The second-order valence-electron chi connectivity index (χ2n) is 4.53. The molecule has 3 N–H and O–H groups in total. The summed E-state index contributed by atoms with van der Waals surface area (Å²) >= 11 is 0. The van der Waals surface area contributed by atoms with Crippen molar-refractivity contribution >= 4 is 0 Å². The lowest BCUT2D eigenvalue weighted by Crippen LogP contribution is -2.34. The topological polar surface area (TPSA) is 52.5 Å². The molecule has 1 aromatic carbocycles. The quantitative estimate of drug-likeness (QED) is 0.721. The van der Waals surface area contributed by atoms with Gasteiger partial charge in [0.25, 0.3) is 0 Å². The van der Waals surface area contributed by atoms with E-state index in [-0.39, 0.29) is 11.9 Å². The number of hydrogen-bond acceptors (Lipinski definition) is 3. The highest BCUT2D eigenvalue weighted by atomic mass is 16.3. The zero-order valence-electron chi connectivity index (χ0n) is 9.39. The largest absolute Gasteiger partial charge is 0.508 e. The SMILES string of the molecule is Oc1cccc(CC(O)C2CCNCC2)c1. The van der Waals surface area contributed by atoms with Crippen LogP contribution in [-0.4, -0.2) is 29.4 Å². The molecular formula is C13H19NO2. The molecule has 3 heteroatoms. The van der Waals surface area contributed by atoms with E-state index in [1.807, 2.05) is 12.1 Å². The number of aliphatic hydroxyl groups excluding tert-OH is 1.